The fourth-order valence-corrected chi connectivity index (χ4v) is 5.53. The van der Waals surface area contributed by atoms with E-state index < -0.39 is 9.84 Å². The summed E-state index contributed by atoms with van der Waals surface area (Å²) in [5.41, 5.74) is 1.06. The molecule has 0 radical (unpaired) electrons. The molecule has 0 aliphatic rings. The van der Waals surface area contributed by atoms with Gasteiger partial charge in [-0.1, -0.05) is 58.0 Å². The number of sulfone groups is 1. The van der Waals surface area contributed by atoms with Gasteiger partial charge in [-0.25, -0.2) is 8.42 Å². The fraction of sp³-hybridized carbons (Fsp3) is 0.0952. The predicted molar refractivity (Wildman–Crippen MR) is 115 cm³/mol. The Morgan fingerprint density at radius 2 is 1.72 bits per heavy atom. The molecule has 0 saturated carbocycles. The van der Waals surface area contributed by atoms with Crippen LogP contribution in [0, 0.1) is 0 Å². The normalized spacial score (nSPS) is 12.8. The van der Waals surface area contributed by atoms with E-state index in [-0.39, 0.29) is 26.2 Å². The summed E-state index contributed by atoms with van der Waals surface area (Å²) in [4.78, 5) is 4.44. The molecule has 148 valence electrons. The first-order chi connectivity index (χ1) is 13.9. The molecule has 2 aromatic heterocycles. The first-order valence-corrected chi connectivity index (χ1v) is 11.9. The second kappa shape index (κ2) is 8.22. The fourth-order valence-electron chi connectivity index (χ4n) is 2.72. The molecular formula is C21H16BrNO4S2. The van der Waals surface area contributed by atoms with Crippen molar-refractivity contribution in [2.75, 3.05) is 0 Å². The summed E-state index contributed by atoms with van der Waals surface area (Å²) in [5.74, 6) is 0.505. The van der Waals surface area contributed by atoms with E-state index in [4.69, 9.17) is 8.83 Å². The van der Waals surface area contributed by atoms with Gasteiger partial charge in [0.15, 0.2) is 5.76 Å². The number of aromatic nitrogens is 1. The standard InChI is InChI=1S/C21H16BrNO4S2/c1-14(15-6-3-2-4-7-15)28-21-20(23-19(27-21)18-8-5-13-26-18)29(24,25)17-11-9-16(22)10-12-17/h2-14H,1H3/t14-/m0/s1. The average Bonchev–Trinajstić information content (AvgIpc) is 3.39. The molecule has 0 saturated heterocycles. The quantitative estimate of drug-likeness (QED) is 0.292. The Hall–Kier alpha value is -2.29. The Balaban J connectivity index is 1.78. The Morgan fingerprint density at radius 1 is 1.00 bits per heavy atom. The first kappa shape index (κ1) is 20.0. The highest BCUT2D eigenvalue weighted by molar-refractivity contribution is 9.10. The molecule has 0 aliphatic heterocycles. The molecule has 0 bridgehead atoms. The van der Waals surface area contributed by atoms with Crippen LogP contribution in [-0.2, 0) is 9.84 Å². The average molecular weight is 490 g/mol. The molecule has 0 N–H and O–H groups in total. The zero-order chi connectivity index (χ0) is 20.4. The molecule has 8 heteroatoms. The number of hydrogen-bond donors (Lipinski definition) is 0. The lowest BCUT2D eigenvalue weighted by Gasteiger charge is -2.10. The van der Waals surface area contributed by atoms with Gasteiger partial charge in [-0.15, -0.1) is 0 Å². The van der Waals surface area contributed by atoms with Gasteiger partial charge < -0.3 is 8.83 Å². The van der Waals surface area contributed by atoms with Gasteiger partial charge in [-0.05, 0) is 48.9 Å². The highest BCUT2D eigenvalue weighted by atomic mass is 79.9. The summed E-state index contributed by atoms with van der Waals surface area (Å²) < 4.78 is 38.6. The number of thioether (sulfide) groups is 1. The van der Waals surface area contributed by atoms with Crippen LogP contribution in [0.5, 0.6) is 0 Å². The number of nitrogens with zero attached hydrogens (tertiary/aromatic N) is 1. The number of rotatable bonds is 6. The van der Waals surface area contributed by atoms with Gasteiger partial charge in [0, 0.05) is 9.72 Å². The summed E-state index contributed by atoms with van der Waals surface area (Å²) in [6.07, 6.45) is 1.49. The summed E-state index contributed by atoms with van der Waals surface area (Å²) >= 11 is 4.63. The Bertz CT molecular complexity index is 1200. The van der Waals surface area contributed by atoms with E-state index in [0.717, 1.165) is 10.0 Å². The molecular weight excluding hydrogens is 474 g/mol. The molecule has 2 aromatic carbocycles. The minimum absolute atomic E-state index is 0.0348. The highest BCUT2D eigenvalue weighted by Crippen LogP contribution is 2.41. The summed E-state index contributed by atoms with van der Waals surface area (Å²) in [7, 11) is -3.87. The van der Waals surface area contributed by atoms with Gasteiger partial charge in [0.2, 0.25) is 20.0 Å². The van der Waals surface area contributed by atoms with E-state index in [1.165, 1.54) is 30.2 Å². The minimum atomic E-state index is -3.87. The van der Waals surface area contributed by atoms with Crippen molar-refractivity contribution in [3.8, 4) is 11.7 Å². The minimum Gasteiger partial charge on any atom is -0.459 e. The van der Waals surface area contributed by atoms with Gasteiger partial charge in [-0.3, -0.25) is 0 Å². The molecule has 0 unspecified atom stereocenters. The van der Waals surface area contributed by atoms with Gasteiger partial charge >= 0.3 is 0 Å². The topological polar surface area (TPSA) is 73.3 Å². The van der Waals surface area contributed by atoms with Crippen LogP contribution in [0.1, 0.15) is 17.7 Å². The van der Waals surface area contributed by atoms with E-state index in [1.807, 2.05) is 37.3 Å². The lowest BCUT2D eigenvalue weighted by molar-refractivity contribution is 0.450. The van der Waals surface area contributed by atoms with E-state index >= 15 is 0 Å². The third-order valence-corrected chi connectivity index (χ3v) is 7.68. The number of benzene rings is 2. The zero-order valence-electron chi connectivity index (χ0n) is 15.3. The Labute approximate surface area is 181 Å². The van der Waals surface area contributed by atoms with Gasteiger partial charge in [-0.2, -0.15) is 4.98 Å². The molecule has 2 heterocycles. The van der Waals surface area contributed by atoms with Gasteiger partial charge in [0.1, 0.15) is 0 Å². The highest BCUT2D eigenvalue weighted by Gasteiger charge is 2.30. The summed E-state index contributed by atoms with van der Waals surface area (Å²) in [5, 5.41) is 0.0853. The maximum atomic E-state index is 13.3. The Kier molecular flexibility index (Phi) is 5.67. The molecule has 1 atom stereocenters. The predicted octanol–water partition coefficient (Wildman–Crippen LogP) is 6.38. The van der Waals surface area contributed by atoms with Crippen molar-refractivity contribution in [3.05, 3.63) is 83.0 Å². The van der Waals surface area contributed by atoms with Crippen LogP contribution < -0.4 is 0 Å². The zero-order valence-corrected chi connectivity index (χ0v) is 18.5. The van der Waals surface area contributed by atoms with Crippen molar-refractivity contribution in [2.45, 2.75) is 27.2 Å². The van der Waals surface area contributed by atoms with Crippen LogP contribution in [0.3, 0.4) is 0 Å². The smallest absolute Gasteiger partial charge is 0.265 e. The molecule has 4 aromatic rings. The first-order valence-electron chi connectivity index (χ1n) is 8.72. The third-order valence-electron chi connectivity index (χ3n) is 4.23. The number of oxazole rings is 1. The Morgan fingerprint density at radius 3 is 2.38 bits per heavy atom. The third kappa shape index (κ3) is 4.19. The maximum absolute atomic E-state index is 13.3. The largest absolute Gasteiger partial charge is 0.459 e. The maximum Gasteiger partial charge on any atom is 0.265 e. The molecule has 0 aliphatic carbocycles. The molecule has 29 heavy (non-hydrogen) atoms. The van der Waals surface area contributed by atoms with Crippen LogP contribution in [-0.4, -0.2) is 13.4 Å². The molecule has 5 nitrogen and oxygen atoms in total. The van der Waals surface area contributed by atoms with E-state index in [1.54, 1.807) is 24.3 Å². The van der Waals surface area contributed by atoms with Crippen molar-refractivity contribution in [1.29, 1.82) is 0 Å². The van der Waals surface area contributed by atoms with Crippen LogP contribution in [0.15, 0.2) is 101 Å². The van der Waals surface area contributed by atoms with E-state index in [2.05, 4.69) is 20.9 Å². The van der Waals surface area contributed by atoms with Crippen LogP contribution in [0.4, 0.5) is 0 Å². The molecule has 0 spiro atoms. The monoisotopic (exact) mass is 489 g/mol. The molecule has 0 fully saturated rings. The summed E-state index contributed by atoms with van der Waals surface area (Å²) in [6, 6.07) is 19.6. The molecule has 0 amide bonds. The van der Waals surface area contributed by atoms with E-state index in [0.29, 0.717) is 5.76 Å². The van der Waals surface area contributed by atoms with Crippen LogP contribution >= 0.6 is 27.7 Å². The SMILES string of the molecule is C[C@H](Sc1oc(-c2ccco2)nc1S(=O)(=O)c1ccc(Br)cc1)c1ccccc1. The summed E-state index contributed by atoms with van der Waals surface area (Å²) in [6.45, 7) is 1.99. The van der Waals surface area contributed by atoms with Crippen LogP contribution in [0.2, 0.25) is 0 Å². The number of halogens is 1. The lowest BCUT2D eigenvalue weighted by atomic mass is 10.2. The second-order valence-corrected chi connectivity index (χ2v) is 10.3. The van der Waals surface area contributed by atoms with Crippen molar-refractivity contribution >= 4 is 37.5 Å². The van der Waals surface area contributed by atoms with E-state index in [9.17, 15) is 8.42 Å². The number of hydrogen-bond acceptors (Lipinski definition) is 6. The van der Waals surface area contributed by atoms with Crippen LogP contribution in [0.25, 0.3) is 11.7 Å². The van der Waals surface area contributed by atoms with Crippen molar-refractivity contribution < 1.29 is 17.3 Å². The van der Waals surface area contributed by atoms with Gasteiger partial charge in [0.05, 0.1) is 11.2 Å². The molecule has 4 rings (SSSR count). The number of furan rings is 1. The second-order valence-electron chi connectivity index (χ2n) is 6.22. The van der Waals surface area contributed by atoms with Crippen molar-refractivity contribution in [2.24, 2.45) is 0 Å². The van der Waals surface area contributed by atoms with Crippen molar-refractivity contribution in [1.82, 2.24) is 4.98 Å². The lowest BCUT2D eigenvalue weighted by Crippen LogP contribution is -2.04. The van der Waals surface area contributed by atoms with Gasteiger partial charge in [0.25, 0.3) is 5.89 Å². The van der Waals surface area contributed by atoms with Crippen molar-refractivity contribution in [3.63, 3.8) is 0 Å².